The molecule has 0 saturated heterocycles. The fourth-order valence-corrected chi connectivity index (χ4v) is 10.5. The molecule has 2 aromatic rings. The van der Waals surface area contributed by atoms with Crippen molar-refractivity contribution in [1.29, 1.82) is 0 Å². The third-order valence-corrected chi connectivity index (χ3v) is 13.8. The quantitative estimate of drug-likeness (QED) is 0.116. The average molecular weight is 902 g/mol. The van der Waals surface area contributed by atoms with Crippen LogP contribution >= 0.6 is 11.3 Å². The van der Waals surface area contributed by atoms with E-state index < -0.39 is 125 Å². The lowest BCUT2D eigenvalue weighted by atomic mass is 9.44. The van der Waals surface area contributed by atoms with E-state index in [1.165, 1.54) is 46.8 Å². The topological polar surface area (TPSA) is 251 Å². The first-order valence-corrected chi connectivity index (χ1v) is 21.7. The van der Waals surface area contributed by atoms with Crippen LogP contribution in [0.4, 0.5) is 9.59 Å². The second-order valence-corrected chi connectivity index (χ2v) is 19.2. The number of carbonyl (C=O) groups is 6. The molecule has 5 rings (SSSR count). The smallest absolute Gasteiger partial charge is 0.456 e. The van der Waals surface area contributed by atoms with Gasteiger partial charge in [0.05, 0.1) is 36.2 Å². The van der Waals surface area contributed by atoms with Gasteiger partial charge in [0.2, 0.25) is 0 Å². The van der Waals surface area contributed by atoms with Crippen LogP contribution in [-0.4, -0.2) is 117 Å². The fourth-order valence-electron chi connectivity index (χ4n) is 9.66. The Hall–Kier alpha value is -4.88. The van der Waals surface area contributed by atoms with Gasteiger partial charge in [-0.3, -0.25) is 9.59 Å². The van der Waals surface area contributed by atoms with E-state index in [0.717, 1.165) is 18.3 Å². The van der Waals surface area contributed by atoms with Gasteiger partial charge >= 0.3 is 30.2 Å². The standard InChI is InChI=1S/C45H59NO16S/c1-11-57-40(55)59-33-30-24(3)27(58-38(53)32(50)31(28-18-15-19-63-28)46-39(54)62-41(5,6)7)21-45(56,42(30,8)9)36(60-37(52)26-16-13-12-14-17-26)34-43(10,35(33)51)29(49)20-23(2)44(34,22-47)61-25(4)48/h12-19,23,27,29,31-34,36,47,49-50,56H,11,20-22H2,1-10H3,(H,46,54)/t23-,27+,29+,31+,32-,33-,34?,36+,43?,44+,45-/m1/s1. The normalized spacial score (nSPS) is 31.2. The molecule has 2 saturated carbocycles. The van der Waals surface area contributed by atoms with Crippen LogP contribution in [0.2, 0.25) is 0 Å². The molecule has 1 heterocycles. The lowest BCUT2D eigenvalue weighted by Crippen LogP contribution is -2.77. The maximum absolute atomic E-state index is 15.6. The van der Waals surface area contributed by atoms with Gasteiger partial charge in [-0.2, -0.15) is 0 Å². The molecule has 0 radical (unpaired) electrons. The molecule has 3 aliphatic carbocycles. The number of hydrogen-bond acceptors (Lipinski definition) is 17. The Bertz CT molecular complexity index is 2080. The number of ketones is 1. The summed E-state index contributed by atoms with van der Waals surface area (Å²) in [7, 11) is 0. The van der Waals surface area contributed by atoms with Crippen LogP contribution in [0.25, 0.3) is 0 Å². The Morgan fingerprint density at radius 2 is 1.65 bits per heavy atom. The number of aliphatic hydroxyl groups excluding tert-OH is 3. The van der Waals surface area contributed by atoms with Gasteiger partial charge in [0, 0.05) is 29.6 Å². The highest BCUT2D eigenvalue weighted by Crippen LogP contribution is 2.63. The molecule has 3 aliphatic rings. The molecule has 1 amide bonds. The second kappa shape index (κ2) is 18.3. The van der Waals surface area contributed by atoms with Gasteiger partial charge in [-0.05, 0) is 82.7 Å². The van der Waals surface area contributed by atoms with Gasteiger partial charge in [-0.1, -0.05) is 45.0 Å². The third kappa shape index (κ3) is 9.10. The number of amides is 1. The summed E-state index contributed by atoms with van der Waals surface area (Å²) < 4.78 is 34.7. The summed E-state index contributed by atoms with van der Waals surface area (Å²) in [5.74, 6) is -6.97. The number of thiophene rings is 1. The van der Waals surface area contributed by atoms with Crippen molar-refractivity contribution >= 4 is 47.3 Å². The zero-order valence-corrected chi connectivity index (χ0v) is 38.0. The predicted molar refractivity (Wildman–Crippen MR) is 224 cm³/mol. The first-order valence-electron chi connectivity index (χ1n) is 20.8. The van der Waals surface area contributed by atoms with E-state index in [4.69, 9.17) is 28.4 Å². The Balaban J connectivity index is 1.78. The molecule has 11 atom stereocenters. The van der Waals surface area contributed by atoms with Crippen LogP contribution in [0, 0.1) is 22.7 Å². The summed E-state index contributed by atoms with van der Waals surface area (Å²) in [6.45, 7) is 13.6. The number of aliphatic hydroxyl groups is 4. The Labute approximate surface area is 370 Å². The van der Waals surface area contributed by atoms with Crippen molar-refractivity contribution < 1.29 is 77.6 Å². The van der Waals surface area contributed by atoms with Crippen molar-refractivity contribution in [3.8, 4) is 0 Å². The molecular weight excluding hydrogens is 843 g/mol. The number of ether oxygens (including phenoxy) is 6. The summed E-state index contributed by atoms with van der Waals surface area (Å²) >= 11 is 1.12. The van der Waals surface area contributed by atoms with E-state index in [-0.39, 0.29) is 29.7 Å². The molecule has 2 bridgehead atoms. The SMILES string of the molecule is CCOC(=O)O[C@H]1C(=O)C2(C)C([C@H](OC(=O)c3ccccc3)[C@]3(O)C[C@H](OC(=O)[C@H](O)[C@@H](NC(=O)OC(C)(C)C)c4cccs4)C(C)=C1C3(C)C)[C@@](CO)(OC(C)=O)[C@H](C)C[C@@H]2O. The number of rotatable bonds is 11. The van der Waals surface area contributed by atoms with E-state index in [1.807, 2.05) is 0 Å². The summed E-state index contributed by atoms with van der Waals surface area (Å²) in [5.41, 5.74) is -9.67. The van der Waals surface area contributed by atoms with Gasteiger partial charge < -0.3 is 54.2 Å². The maximum Gasteiger partial charge on any atom is 0.509 e. The molecule has 1 aromatic carbocycles. The zero-order valence-electron chi connectivity index (χ0n) is 37.2. The van der Waals surface area contributed by atoms with Crippen molar-refractivity contribution in [3.63, 3.8) is 0 Å². The van der Waals surface area contributed by atoms with Crippen molar-refractivity contribution in [3.05, 3.63) is 69.4 Å². The number of Topliss-reactive ketones (excluding diaryl/α,β-unsaturated/α-hetero) is 1. The van der Waals surface area contributed by atoms with Gasteiger partial charge in [0.1, 0.15) is 35.1 Å². The molecule has 17 nitrogen and oxygen atoms in total. The summed E-state index contributed by atoms with van der Waals surface area (Å²) in [4.78, 5) is 83.9. The molecule has 18 heteroatoms. The van der Waals surface area contributed by atoms with Crippen LogP contribution in [0.3, 0.4) is 0 Å². The maximum atomic E-state index is 15.6. The molecule has 63 heavy (non-hydrogen) atoms. The Morgan fingerprint density at radius 3 is 2.21 bits per heavy atom. The van der Waals surface area contributed by atoms with Crippen molar-refractivity contribution in [2.75, 3.05) is 13.2 Å². The molecule has 2 fully saturated rings. The molecule has 346 valence electrons. The summed E-state index contributed by atoms with van der Waals surface area (Å²) in [6.07, 6.45) is -12.5. The van der Waals surface area contributed by atoms with E-state index in [2.05, 4.69) is 5.32 Å². The van der Waals surface area contributed by atoms with Crippen LogP contribution in [0.1, 0.15) is 103 Å². The number of benzene rings is 1. The van der Waals surface area contributed by atoms with Crippen molar-refractivity contribution in [2.45, 2.75) is 135 Å². The molecule has 0 spiro atoms. The highest BCUT2D eigenvalue weighted by molar-refractivity contribution is 7.10. The van der Waals surface area contributed by atoms with E-state index in [1.54, 1.807) is 63.4 Å². The van der Waals surface area contributed by atoms with Crippen LogP contribution in [-0.2, 0) is 42.8 Å². The first-order chi connectivity index (χ1) is 29.3. The molecule has 5 N–H and O–H groups in total. The molecule has 2 unspecified atom stereocenters. The minimum atomic E-state index is -2.52. The van der Waals surface area contributed by atoms with Crippen LogP contribution in [0.15, 0.2) is 59.0 Å². The number of nitrogens with one attached hydrogen (secondary N) is 1. The largest absolute Gasteiger partial charge is 0.509 e. The fraction of sp³-hybridized carbons (Fsp3) is 0.600. The number of fused-ring (bicyclic) bond motifs is 3. The second-order valence-electron chi connectivity index (χ2n) is 18.2. The van der Waals surface area contributed by atoms with E-state index >= 15 is 4.79 Å². The minimum Gasteiger partial charge on any atom is -0.456 e. The van der Waals surface area contributed by atoms with E-state index in [0.29, 0.717) is 4.88 Å². The van der Waals surface area contributed by atoms with Crippen molar-refractivity contribution in [1.82, 2.24) is 5.32 Å². The average Bonchev–Trinajstić information content (AvgIpc) is 3.74. The number of hydrogen-bond donors (Lipinski definition) is 5. The Kier molecular flexibility index (Phi) is 14.3. The highest BCUT2D eigenvalue weighted by atomic mass is 32.1. The van der Waals surface area contributed by atoms with Crippen LogP contribution < -0.4 is 5.32 Å². The van der Waals surface area contributed by atoms with Crippen LogP contribution in [0.5, 0.6) is 0 Å². The number of alkyl carbamates (subject to hydrolysis) is 1. The lowest BCUT2D eigenvalue weighted by Gasteiger charge is -2.64. The van der Waals surface area contributed by atoms with Gasteiger partial charge in [0.15, 0.2) is 18.0 Å². The van der Waals surface area contributed by atoms with Gasteiger partial charge in [-0.15, -0.1) is 11.3 Å². The summed E-state index contributed by atoms with van der Waals surface area (Å²) in [5, 5.41) is 53.1. The molecular formula is C45H59NO16S. The number of carbonyl (C=O) groups excluding carboxylic acids is 6. The minimum absolute atomic E-state index is 0.00923. The monoisotopic (exact) mass is 901 g/mol. The van der Waals surface area contributed by atoms with Gasteiger partial charge in [0.25, 0.3) is 0 Å². The number of esters is 3. The summed E-state index contributed by atoms with van der Waals surface area (Å²) in [6, 6.07) is 9.48. The predicted octanol–water partition coefficient (Wildman–Crippen LogP) is 4.73. The Morgan fingerprint density at radius 1 is 1.00 bits per heavy atom. The van der Waals surface area contributed by atoms with Crippen molar-refractivity contribution in [2.24, 2.45) is 22.7 Å². The first kappa shape index (κ1) is 49.1. The highest BCUT2D eigenvalue weighted by Gasteiger charge is 2.75. The van der Waals surface area contributed by atoms with Gasteiger partial charge in [-0.25, -0.2) is 19.2 Å². The zero-order chi connectivity index (χ0) is 47.0. The lowest BCUT2D eigenvalue weighted by molar-refractivity contribution is -0.280. The van der Waals surface area contributed by atoms with E-state index in [9.17, 15) is 44.4 Å². The molecule has 0 aliphatic heterocycles. The molecule has 1 aromatic heterocycles. The third-order valence-electron chi connectivity index (χ3n) is 12.9.